The van der Waals surface area contributed by atoms with Gasteiger partial charge in [-0.1, -0.05) is 0 Å². The van der Waals surface area contributed by atoms with E-state index in [1.54, 1.807) is 0 Å². The van der Waals surface area contributed by atoms with Crippen molar-refractivity contribution in [3.05, 3.63) is 0 Å². The van der Waals surface area contributed by atoms with Gasteiger partial charge in [0.25, 0.3) is 0 Å². The third-order valence-corrected chi connectivity index (χ3v) is 4.50. The molecule has 5 nitrogen and oxygen atoms in total. The van der Waals surface area contributed by atoms with E-state index in [0.717, 1.165) is 25.9 Å². The number of nitrogens with zero attached hydrogens (tertiary/aromatic N) is 1. The summed E-state index contributed by atoms with van der Waals surface area (Å²) in [5.41, 5.74) is 3.35. The van der Waals surface area contributed by atoms with Gasteiger partial charge >= 0.3 is 0 Å². The Labute approximate surface area is 109 Å². The van der Waals surface area contributed by atoms with Crippen molar-refractivity contribution in [2.75, 3.05) is 20.1 Å². The molecule has 3 fully saturated rings. The van der Waals surface area contributed by atoms with E-state index >= 15 is 0 Å². The summed E-state index contributed by atoms with van der Waals surface area (Å²) in [6, 6.07) is 1.66. The molecular weight excluding hydrogens is 228 g/mol. The van der Waals surface area contributed by atoms with Crippen LogP contribution in [0.25, 0.3) is 0 Å². The highest BCUT2D eigenvalue weighted by Crippen LogP contribution is 2.28. The monoisotopic (exact) mass is 252 g/mol. The molecule has 0 bridgehead atoms. The number of rotatable bonds is 4. The number of hydrazine groups is 1. The Morgan fingerprint density at radius 1 is 1.22 bits per heavy atom. The summed E-state index contributed by atoms with van der Waals surface area (Å²) in [4.78, 5) is 12.2. The number of nitrogens with one attached hydrogen (secondary N) is 3. The van der Waals surface area contributed by atoms with Crippen LogP contribution in [0.2, 0.25) is 0 Å². The lowest BCUT2D eigenvalue weighted by Gasteiger charge is -2.17. The molecule has 1 amide bonds. The fourth-order valence-corrected chi connectivity index (χ4v) is 3.13. The molecule has 0 aromatic rings. The zero-order chi connectivity index (χ0) is 12.5. The van der Waals surface area contributed by atoms with Gasteiger partial charge in [-0.15, -0.1) is 0 Å². The minimum Gasteiger partial charge on any atom is -0.353 e. The van der Waals surface area contributed by atoms with Gasteiger partial charge in [-0.2, -0.15) is 0 Å². The van der Waals surface area contributed by atoms with Crippen LogP contribution in [0.5, 0.6) is 0 Å². The Bertz CT molecular complexity index is 318. The number of hydrogen-bond acceptors (Lipinski definition) is 4. The van der Waals surface area contributed by atoms with E-state index in [0.29, 0.717) is 18.1 Å². The first-order chi connectivity index (χ1) is 8.76. The molecule has 18 heavy (non-hydrogen) atoms. The van der Waals surface area contributed by atoms with Crippen LogP contribution in [0.1, 0.15) is 32.1 Å². The Kier molecular flexibility index (Phi) is 3.54. The first-order valence-corrected chi connectivity index (χ1v) is 7.24. The Morgan fingerprint density at radius 3 is 2.67 bits per heavy atom. The maximum absolute atomic E-state index is 12.2. The highest BCUT2D eigenvalue weighted by Gasteiger charge is 2.37. The van der Waals surface area contributed by atoms with Crippen LogP contribution in [0.4, 0.5) is 0 Å². The van der Waals surface area contributed by atoms with E-state index in [2.05, 4.69) is 21.1 Å². The molecule has 3 atom stereocenters. The second kappa shape index (κ2) is 5.15. The highest BCUT2D eigenvalue weighted by molar-refractivity contribution is 5.79. The van der Waals surface area contributed by atoms with Gasteiger partial charge in [0.05, 0.1) is 5.92 Å². The second-order valence-electron chi connectivity index (χ2n) is 5.95. The molecule has 3 rings (SSSR count). The summed E-state index contributed by atoms with van der Waals surface area (Å²) >= 11 is 0. The van der Waals surface area contributed by atoms with Crippen LogP contribution in [0, 0.1) is 5.92 Å². The van der Waals surface area contributed by atoms with Crippen molar-refractivity contribution in [2.24, 2.45) is 5.92 Å². The maximum Gasteiger partial charge on any atom is 0.226 e. The molecule has 2 saturated carbocycles. The average Bonchev–Trinajstić information content (AvgIpc) is 2.93. The molecule has 0 aromatic carbocycles. The molecule has 1 heterocycles. The molecule has 3 aliphatic rings. The lowest BCUT2D eigenvalue weighted by molar-refractivity contribution is -0.125. The minimum atomic E-state index is 0.138. The Hall–Kier alpha value is -0.650. The molecule has 0 aromatic heterocycles. The number of carbonyl (C=O) groups excluding carboxylic acids is 1. The van der Waals surface area contributed by atoms with Crippen LogP contribution in [-0.2, 0) is 4.79 Å². The van der Waals surface area contributed by atoms with Gasteiger partial charge in [-0.3, -0.25) is 10.2 Å². The third-order valence-electron chi connectivity index (χ3n) is 4.50. The lowest BCUT2D eigenvalue weighted by Crippen LogP contribution is -2.40. The molecule has 1 aliphatic heterocycles. The maximum atomic E-state index is 12.2. The Morgan fingerprint density at radius 2 is 2.00 bits per heavy atom. The smallest absolute Gasteiger partial charge is 0.226 e. The normalized spacial score (nSPS) is 37.1. The van der Waals surface area contributed by atoms with E-state index in [-0.39, 0.29) is 11.8 Å². The predicted molar refractivity (Wildman–Crippen MR) is 69.9 cm³/mol. The van der Waals surface area contributed by atoms with E-state index in [4.69, 9.17) is 0 Å². The van der Waals surface area contributed by atoms with Crippen molar-refractivity contribution in [2.45, 2.75) is 50.2 Å². The third kappa shape index (κ3) is 2.68. The van der Waals surface area contributed by atoms with Crippen LogP contribution >= 0.6 is 0 Å². The molecule has 5 heteroatoms. The predicted octanol–water partition coefficient (Wildman–Crippen LogP) is -0.158. The van der Waals surface area contributed by atoms with Gasteiger partial charge in [0.15, 0.2) is 0 Å². The first-order valence-electron chi connectivity index (χ1n) is 7.24. The van der Waals surface area contributed by atoms with Gasteiger partial charge in [-0.25, -0.2) is 5.01 Å². The SMILES string of the molecule is CNC1CCC(NC(=O)C2CNN(C3CC3)C2)C1. The molecule has 0 spiro atoms. The Balaban J connectivity index is 1.44. The first kappa shape index (κ1) is 12.4. The lowest BCUT2D eigenvalue weighted by atomic mass is 10.1. The van der Waals surface area contributed by atoms with Crippen molar-refractivity contribution in [1.29, 1.82) is 0 Å². The van der Waals surface area contributed by atoms with Gasteiger partial charge in [0.1, 0.15) is 0 Å². The number of amides is 1. The van der Waals surface area contributed by atoms with Crippen LogP contribution in [0.15, 0.2) is 0 Å². The largest absolute Gasteiger partial charge is 0.353 e. The number of hydrogen-bond donors (Lipinski definition) is 3. The summed E-state index contributed by atoms with van der Waals surface area (Å²) in [5.74, 6) is 0.381. The van der Waals surface area contributed by atoms with Crippen molar-refractivity contribution in [1.82, 2.24) is 21.1 Å². The summed E-state index contributed by atoms with van der Waals surface area (Å²) in [7, 11) is 2.00. The molecule has 102 valence electrons. The van der Waals surface area contributed by atoms with Crippen molar-refractivity contribution < 1.29 is 4.79 Å². The van der Waals surface area contributed by atoms with Crippen molar-refractivity contribution in [3.8, 4) is 0 Å². The topological polar surface area (TPSA) is 56.4 Å². The molecule has 2 aliphatic carbocycles. The van der Waals surface area contributed by atoms with Gasteiger partial charge in [-0.05, 0) is 39.2 Å². The van der Waals surface area contributed by atoms with E-state index in [1.807, 2.05) is 7.05 Å². The van der Waals surface area contributed by atoms with E-state index in [1.165, 1.54) is 19.3 Å². The second-order valence-corrected chi connectivity index (χ2v) is 5.95. The van der Waals surface area contributed by atoms with Crippen molar-refractivity contribution >= 4 is 5.91 Å². The summed E-state index contributed by atoms with van der Waals surface area (Å²) in [5, 5.41) is 8.77. The van der Waals surface area contributed by atoms with Crippen LogP contribution < -0.4 is 16.1 Å². The molecule has 3 unspecified atom stereocenters. The summed E-state index contributed by atoms with van der Waals surface area (Å²) in [6.45, 7) is 1.70. The fraction of sp³-hybridized carbons (Fsp3) is 0.923. The van der Waals surface area contributed by atoms with Gasteiger partial charge in [0.2, 0.25) is 5.91 Å². The molecule has 0 radical (unpaired) electrons. The summed E-state index contributed by atoms with van der Waals surface area (Å²) in [6.07, 6.45) is 5.94. The fourth-order valence-electron chi connectivity index (χ4n) is 3.13. The highest BCUT2D eigenvalue weighted by atomic mass is 16.2. The van der Waals surface area contributed by atoms with Gasteiger partial charge < -0.3 is 10.6 Å². The van der Waals surface area contributed by atoms with Crippen LogP contribution in [0.3, 0.4) is 0 Å². The van der Waals surface area contributed by atoms with Gasteiger partial charge in [0, 0.05) is 31.2 Å². The zero-order valence-electron chi connectivity index (χ0n) is 11.1. The van der Waals surface area contributed by atoms with E-state index < -0.39 is 0 Å². The molecule has 1 saturated heterocycles. The quantitative estimate of drug-likeness (QED) is 0.651. The zero-order valence-corrected chi connectivity index (χ0v) is 11.1. The van der Waals surface area contributed by atoms with E-state index in [9.17, 15) is 4.79 Å². The molecular formula is C13H24N4O. The minimum absolute atomic E-state index is 0.138. The van der Waals surface area contributed by atoms with Crippen LogP contribution in [-0.4, -0.2) is 49.2 Å². The average molecular weight is 252 g/mol. The number of carbonyl (C=O) groups is 1. The van der Waals surface area contributed by atoms with Crippen molar-refractivity contribution in [3.63, 3.8) is 0 Å². The standard InChI is InChI=1S/C13H24N4O/c1-14-10-2-3-11(6-10)16-13(18)9-7-15-17(8-9)12-4-5-12/h9-12,14-15H,2-8H2,1H3,(H,16,18). The molecule has 3 N–H and O–H groups in total. The summed E-state index contributed by atoms with van der Waals surface area (Å²) < 4.78 is 0.